The molecule has 1 fully saturated rings. The Morgan fingerprint density at radius 1 is 1.26 bits per heavy atom. The Balaban J connectivity index is 1.94. The average molecular weight is 491 g/mol. The van der Waals surface area contributed by atoms with Gasteiger partial charge < -0.3 is 20.4 Å². The molecule has 1 aliphatic heterocycles. The van der Waals surface area contributed by atoms with E-state index in [4.69, 9.17) is 11.6 Å². The quantitative estimate of drug-likeness (QED) is 0.361. The molecule has 0 aliphatic carbocycles. The number of aliphatic hydroxyl groups is 2. The Hall–Kier alpha value is -3.34. The van der Waals surface area contributed by atoms with E-state index in [2.05, 4.69) is 16.9 Å². The zero-order valence-electron chi connectivity index (χ0n) is 17.8. The second kappa shape index (κ2) is 9.49. The number of halogens is 3. The first-order valence-electron chi connectivity index (χ1n) is 10.4. The summed E-state index contributed by atoms with van der Waals surface area (Å²) >= 11 is 6.15. The molecule has 1 amide bonds. The molecule has 178 valence electrons. The van der Waals surface area contributed by atoms with Gasteiger partial charge in [0.25, 0.3) is 5.91 Å². The number of anilines is 1. The van der Waals surface area contributed by atoms with Crippen molar-refractivity contribution in [2.24, 2.45) is 0 Å². The summed E-state index contributed by atoms with van der Waals surface area (Å²) < 4.78 is 29.7. The highest BCUT2D eigenvalue weighted by Crippen LogP contribution is 2.29. The highest BCUT2D eigenvalue weighted by atomic mass is 35.5. The molecule has 4 rings (SSSR count). The largest absolute Gasteiger partial charge is 0.389 e. The van der Waals surface area contributed by atoms with E-state index in [1.807, 2.05) is 0 Å². The van der Waals surface area contributed by atoms with Gasteiger partial charge in [0.2, 0.25) is 5.43 Å². The summed E-state index contributed by atoms with van der Waals surface area (Å²) in [4.78, 5) is 31.9. The van der Waals surface area contributed by atoms with Gasteiger partial charge in [-0.1, -0.05) is 17.7 Å². The molecule has 3 aromatic rings. The van der Waals surface area contributed by atoms with Crippen LogP contribution in [0.4, 0.5) is 14.6 Å². The van der Waals surface area contributed by atoms with Crippen molar-refractivity contribution in [2.45, 2.75) is 18.6 Å². The number of hydrogen-bond acceptors (Lipinski definition) is 6. The predicted molar refractivity (Wildman–Crippen MR) is 124 cm³/mol. The van der Waals surface area contributed by atoms with Crippen molar-refractivity contribution in [1.29, 1.82) is 0 Å². The van der Waals surface area contributed by atoms with E-state index in [9.17, 15) is 28.6 Å². The minimum atomic E-state index is -1.02. The van der Waals surface area contributed by atoms with Gasteiger partial charge in [0.15, 0.2) is 11.5 Å². The summed E-state index contributed by atoms with van der Waals surface area (Å²) in [6.07, 6.45) is 1.23. The van der Waals surface area contributed by atoms with Crippen LogP contribution < -0.4 is 15.6 Å². The van der Waals surface area contributed by atoms with Crippen LogP contribution in [0.15, 0.2) is 47.9 Å². The van der Waals surface area contributed by atoms with E-state index in [1.165, 1.54) is 12.1 Å². The molecule has 1 aromatic carbocycles. The van der Waals surface area contributed by atoms with Crippen LogP contribution in [0, 0.1) is 11.6 Å². The molecule has 2 atom stereocenters. The first-order valence-corrected chi connectivity index (χ1v) is 10.8. The molecule has 1 saturated heterocycles. The fourth-order valence-electron chi connectivity index (χ4n) is 3.81. The molecule has 0 bridgehead atoms. The molecule has 2 aromatic heterocycles. The second-order valence-electron chi connectivity index (χ2n) is 7.87. The number of benzene rings is 1. The van der Waals surface area contributed by atoms with Crippen LogP contribution in [-0.2, 0) is 0 Å². The zero-order chi connectivity index (χ0) is 24.6. The van der Waals surface area contributed by atoms with E-state index in [1.54, 1.807) is 11.0 Å². The molecular weight excluding hydrogens is 470 g/mol. The third-order valence-electron chi connectivity index (χ3n) is 5.52. The van der Waals surface area contributed by atoms with Crippen LogP contribution in [0.25, 0.3) is 16.7 Å². The topological polar surface area (TPSA) is 108 Å². The second-order valence-corrected chi connectivity index (χ2v) is 8.28. The van der Waals surface area contributed by atoms with E-state index in [0.717, 1.165) is 16.8 Å². The van der Waals surface area contributed by atoms with Crippen LogP contribution >= 0.6 is 11.6 Å². The van der Waals surface area contributed by atoms with Crippen molar-refractivity contribution >= 4 is 34.4 Å². The molecule has 8 nitrogen and oxygen atoms in total. The maximum atomic E-state index is 14.9. The number of pyridine rings is 2. The summed E-state index contributed by atoms with van der Waals surface area (Å²) in [5.41, 5.74) is -1.24. The lowest BCUT2D eigenvalue weighted by Gasteiger charge is -2.19. The highest BCUT2D eigenvalue weighted by Gasteiger charge is 2.31. The van der Waals surface area contributed by atoms with Crippen molar-refractivity contribution in [3.8, 4) is 5.69 Å². The Bertz CT molecular complexity index is 1310. The summed E-state index contributed by atoms with van der Waals surface area (Å²) in [7, 11) is 0. The molecule has 0 spiro atoms. The van der Waals surface area contributed by atoms with Crippen LogP contribution in [0.5, 0.6) is 0 Å². The number of nitrogens with one attached hydrogen (secondary N) is 1. The van der Waals surface area contributed by atoms with Gasteiger partial charge in [-0.2, -0.15) is 0 Å². The first kappa shape index (κ1) is 23.8. The molecule has 11 heteroatoms. The van der Waals surface area contributed by atoms with Crippen LogP contribution in [0.1, 0.15) is 16.8 Å². The Labute approximate surface area is 197 Å². The number of hydrogen-bond donors (Lipinski definition) is 3. The van der Waals surface area contributed by atoms with E-state index < -0.39 is 35.2 Å². The Morgan fingerprint density at radius 3 is 2.62 bits per heavy atom. The summed E-state index contributed by atoms with van der Waals surface area (Å²) in [6, 6.07) is 4.46. The van der Waals surface area contributed by atoms with Crippen molar-refractivity contribution in [3.05, 3.63) is 75.6 Å². The van der Waals surface area contributed by atoms with E-state index in [0.29, 0.717) is 18.3 Å². The van der Waals surface area contributed by atoms with Gasteiger partial charge in [-0.05, 0) is 24.6 Å². The fourth-order valence-corrected chi connectivity index (χ4v) is 4.09. The molecule has 0 saturated carbocycles. The third-order valence-corrected chi connectivity index (χ3v) is 5.81. The monoisotopic (exact) mass is 490 g/mol. The molecule has 3 heterocycles. The van der Waals surface area contributed by atoms with Crippen LogP contribution in [-0.4, -0.2) is 57.5 Å². The lowest BCUT2D eigenvalue weighted by Crippen LogP contribution is -2.31. The maximum Gasteiger partial charge on any atom is 0.256 e. The predicted octanol–water partition coefficient (Wildman–Crippen LogP) is 2.17. The SMILES string of the molecule is C=CCCNC(=O)c1cn(-c2c(F)cc(F)cc2Cl)c2nc(N3C[C@@H](O)[C@H](O)C3)ccc2c1=O. The van der Waals surface area contributed by atoms with Gasteiger partial charge in [0.05, 0.1) is 22.6 Å². The van der Waals surface area contributed by atoms with Gasteiger partial charge in [0.1, 0.15) is 22.9 Å². The third kappa shape index (κ3) is 4.39. The van der Waals surface area contributed by atoms with Crippen molar-refractivity contribution in [1.82, 2.24) is 14.9 Å². The number of carbonyl (C=O) groups excluding carboxylic acids is 1. The number of fused-ring (bicyclic) bond motifs is 1. The number of nitrogens with zero attached hydrogens (tertiary/aromatic N) is 3. The van der Waals surface area contributed by atoms with Crippen molar-refractivity contribution < 1.29 is 23.8 Å². The number of amides is 1. The van der Waals surface area contributed by atoms with E-state index >= 15 is 0 Å². The molecule has 34 heavy (non-hydrogen) atoms. The summed E-state index contributed by atoms with van der Waals surface area (Å²) in [6.45, 7) is 4.00. The fraction of sp³-hybridized carbons (Fsp3) is 0.261. The summed E-state index contributed by atoms with van der Waals surface area (Å²) in [5, 5.41) is 22.1. The zero-order valence-corrected chi connectivity index (χ0v) is 18.6. The van der Waals surface area contributed by atoms with Gasteiger partial charge in [-0.15, -0.1) is 6.58 Å². The van der Waals surface area contributed by atoms with Gasteiger partial charge in [0, 0.05) is 31.9 Å². The molecule has 0 radical (unpaired) electrons. The number of rotatable bonds is 6. The summed E-state index contributed by atoms with van der Waals surface area (Å²) in [5.74, 6) is -2.30. The van der Waals surface area contributed by atoms with Crippen molar-refractivity contribution in [3.63, 3.8) is 0 Å². The molecule has 3 N–H and O–H groups in total. The Morgan fingerprint density at radius 2 is 1.97 bits per heavy atom. The smallest absolute Gasteiger partial charge is 0.256 e. The van der Waals surface area contributed by atoms with Gasteiger partial charge in [-0.3, -0.25) is 14.2 Å². The molecule has 0 unspecified atom stereocenters. The normalized spacial score (nSPS) is 17.9. The minimum absolute atomic E-state index is 0.000191. The minimum Gasteiger partial charge on any atom is -0.389 e. The first-order chi connectivity index (χ1) is 16.2. The average Bonchev–Trinajstić information content (AvgIpc) is 3.12. The number of aliphatic hydroxyl groups excluding tert-OH is 2. The van der Waals surface area contributed by atoms with Crippen LogP contribution in [0.3, 0.4) is 0 Å². The molecule has 1 aliphatic rings. The van der Waals surface area contributed by atoms with E-state index in [-0.39, 0.29) is 46.9 Å². The lowest BCUT2D eigenvalue weighted by molar-refractivity contribution is 0.0572. The Kier molecular flexibility index (Phi) is 6.65. The highest BCUT2D eigenvalue weighted by molar-refractivity contribution is 6.32. The van der Waals surface area contributed by atoms with Crippen LogP contribution in [0.2, 0.25) is 5.02 Å². The molecular formula is C23H21ClF2N4O4. The van der Waals surface area contributed by atoms with Gasteiger partial charge >= 0.3 is 0 Å². The standard InChI is InChI=1S/C23H21ClF2N4O4/c1-2-3-6-27-23(34)14-9-30(20-15(24)7-12(25)8-16(20)26)22-13(21(14)33)4-5-19(28-22)29-10-17(31)18(32)11-29/h2,4-5,7-9,17-18,31-32H,1,3,6,10-11H2,(H,27,34)/t17-,18-/m1/s1. The maximum absolute atomic E-state index is 14.9. The van der Waals surface area contributed by atoms with Gasteiger partial charge in [-0.25, -0.2) is 13.8 Å². The number of carbonyl (C=O) groups is 1. The van der Waals surface area contributed by atoms with Crippen molar-refractivity contribution in [2.75, 3.05) is 24.5 Å². The number of β-amino-alcohol motifs (C(OH)–C–C–N with tert-alkyl or cyclic N) is 2. The number of aromatic nitrogens is 2. The lowest BCUT2D eigenvalue weighted by atomic mass is 10.1.